The summed E-state index contributed by atoms with van der Waals surface area (Å²) < 4.78 is 63.5. The Kier molecular flexibility index (Phi) is 10.8. The summed E-state index contributed by atoms with van der Waals surface area (Å²) >= 11 is 0. The highest BCUT2D eigenvalue weighted by atomic mass is 31.2. The smallest absolute Gasteiger partial charge is 0.468 e. The van der Waals surface area contributed by atoms with Crippen LogP contribution in [0.2, 0.25) is 0 Å². The summed E-state index contributed by atoms with van der Waals surface area (Å²) in [5.41, 5.74) is 1.08. The van der Waals surface area contributed by atoms with E-state index in [1.54, 1.807) is 72.8 Å². The van der Waals surface area contributed by atoms with Crippen molar-refractivity contribution in [2.45, 2.75) is 52.4 Å². The average Bonchev–Trinajstić information content (AvgIpc) is 2.99. The Hall–Kier alpha value is -3.70. The Morgan fingerprint density at radius 2 is 0.978 bits per heavy atom. The number of hydrogen-bond donors (Lipinski definition) is 0. The molecule has 0 aliphatic carbocycles. The van der Waals surface area contributed by atoms with Crippen LogP contribution in [0.5, 0.6) is 28.7 Å². The van der Waals surface area contributed by atoms with Gasteiger partial charge in [-0.3, -0.25) is 0 Å². The largest absolute Gasteiger partial charge is 0.476 e. The van der Waals surface area contributed by atoms with Gasteiger partial charge in [0, 0.05) is 12.7 Å². The monoisotopic (exact) mass is 652 g/mol. The quantitative estimate of drug-likeness (QED) is 0.132. The Balaban J connectivity index is 1.73. The zero-order valence-corrected chi connectivity index (χ0v) is 28.7. The molecule has 0 bridgehead atoms. The molecular formula is C35H42O8P2. The molecule has 4 rings (SSSR count). The molecule has 0 aromatic heterocycles. The van der Waals surface area contributed by atoms with Crippen LogP contribution in [0.15, 0.2) is 103 Å². The lowest BCUT2D eigenvalue weighted by Gasteiger charge is -2.30. The minimum Gasteiger partial charge on any atom is -0.476 e. The minimum atomic E-state index is -3.95. The van der Waals surface area contributed by atoms with Crippen molar-refractivity contribution in [1.82, 2.24) is 0 Å². The van der Waals surface area contributed by atoms with Crippen LogP contribution < -0.4 is 23.0 Å². The summed E-state index contributed by atoms with van der Waals surface area (Å²) in [6, 6.07) is 30.2. The molecule has 0 fully saturated rings. The van der Waals surface area contributed by atoms with E-state index in [1.165, 1.54) is 7.11 Å². The maximum Gasteiger partial charge on any atom is 0.468 e. The van der Waals surface area contributed by atoms with Gasteiger partial charge in [-0.05, 0) is 58.9 Å². The molecule has 4 aromatic carbocycles. The van der Waals surface area contributed by atoms with E-state index in [1.807, 2.05) is 45.0 Å². The van der Waals surface area contributed by atoms with Gasteiger partial charge in [0.25, 0.3) is 0 Å². The number of hydrogen-bond acceptors (Lipinski definition) is 8. The average molecular weight is 653 g/mol. The van der Waals surface area contributed by atoms with Crippen LogP contribution in [0.25, 0.3) is 0 Å². The molecule has 10 heteroatoms. The van der Waals surface area contributed by atoms with Crippen molar-refractivity contribution in [1.29, 1.82) is 0 Å². The lowest BCUT2D eigenvalue weighted by molar-refractivity contribution is 0.258. The Morgan fingerprint density at radius 3 is 1.38 bits per heavy atom. The fourth-order valence-corrected chi connectivity index (χ4v) is 6.54. The normalized spacial score (nSPS) is 13.4. The van der Waals surface area contributed by atoms with Crippen LogP contribution in [0.4, 0.5) is 0 Å². The molecular weight excluding hydrogens is 610 g/mol. The van der Waals surface area contributed by atoms with Crippen molar-refractivity contribution in [3.63, 3.8) is 0 Å². The lowest BCUT2D eigenvalue weighted by Crippen LogP contribution is -2.20. The second-order valence-corrected chi connectivity index (χ2v) is 16.4. The zero-order valence-electron chi connectivity index (χ0n) is 26.9. The van der Waals surface area contributed by atoms with Crippen LogP contribution in [0, 0.1) is 0 Å². The fourth-order valence-electron chi connectivity index (χ4n) is 4.25. The highest BCUT2D eigenvalue weighted by Crippen LogP contribution is 2.52. The van der Waals surface area contributed by atoms with Gasteiger partial charge in [0.05, 0.1) is 0 Å². The topological polar surface area (TPSA) is 89.5 Å². The molecule has 0 radical (unpaired) electrons. The third-order valence-corrected chi connectivity index (χ3v) is 9.63. The molecule has 1 atom stereocenters. The van der Waals surface area contributed by atoms with Crippen molar-refractivity contribution in [2.24, 2.45) is 0 Å². The van der Waals surface area contributed by atoms with Crippen LogP contribution in [-0.2, 0) is 24.5 Å². The Morgan fingerprint density at radius 1 is 0.556 bits per heavy atom. The van der Waals surface area contributed by atoms with Gasteiger partial charge in [-0.1, -0.05) is 102 Å². The van der Waals surface area contributed by atoms with Crippen LogP contribution in [0.3, 0.4) is 0 Å². The number of ether oxygens (including phenoxy) is 2. The van der Waals surface area contributed by atoms with Gasteiger partial charge in [-0.2, -0.15) is 0 Å². The zero-order chi connectivity index (χ0) is 32.7. The van der Waals surface area contributed by atoms with Crippen molar-refractivity contribution in [3.05, 3.63) is 114 Å². The van der Waals surface area contributed by atoms with E-state index in [0.29, 0.717) is 28.7 Å². The maximum atomic E-state index is 14.3. The minimum absolute atomic E-state index is 0.260. The first kappa shape index (κ1) is 34.2. The Labute approximate surface area is 266 Å². The predicted molar refractivity (Wildman–Crippen MR) is 178 cm³/mol. The predicted octanol–water partition coefficient (Wildman–Crippen LogP) is 10.2. The first-order chi connectivity index (χ1) is 21.2. The third-order valence-electron chi connectivity index (χ3n) is 6.72. The van der Waals surface area contributed by atoms with Gasteiger partial charge in [-0.25, -0.2) is 9.13 Å². The van der Waals surface area contributed by atoms with Crippen LogP contribution in [-0.4, -0.2) is 19.8 Å². The SMILES string of the molecule is COP(=O)(COc1cc(C(C)(C)C)cc(C(C)(C)C)c1OCP(=O)(Oc1ccccc1)Oc1ccccc1)Oc1ccccc1. The second kappa shape index (κ2) is 14.2. The molecule has 0 saturated heterocycles. The third kappa shape index (κ3) is 9.64. The molecule has 0 aliphatic rings. The molecule has 0 saturated carbocycles. The van der Waals surface area contributed by atoms with E-state index in [-0.39, 0.29) is 5.41 Å². The summed E-state index contributed by atoms with van der Waals surface area (Å²) in [5.74, 6) is 1.75. The van der Waals surface area contributed by atoms with E-state index < -0.39 is 33.3 Å². The van der Waals surface area contributed by atoms with Gasteiger partial charge in [0.1, 0.15) is 17.2 Å². The van der Waals surface area contributed by atoms with Crippen LogP contribution in [0.1, 0.15) is 52.7 Å². The van der Waals surface area contributed by atoms with Crippen molar-refractivity contribution < 1.29 is 36.7 Å². The van der Waals surface area contributed by atoms with E-state index >= 15 is 0 Å². The van der Waals surface area contributed by atoms with Crippen LogP contribution >= 0.6 is 15.2 Å². The van der Waals surface area contributed by atoms with E-state index in [0.717, 1.165) is 11.1 Å². The van der Waals surface area contributed by atoms with Crippen molar-refractivity contribution in [3.8, 4) is 28.7 Å². The number of rotatable bonds is 13. The highest BCUT2D eigenvalue weighted by molar-refractivity contribution is 7.54. The fraction of sp³-hybridized carbons (Fsp3) is 0.314. The summed E-state index contributed by atoms with van der Waals surface area (Å²) in [6.07, 6.45) is -0.835. The summed E-state index contributed by atoms with van der Waals surface area (Å²) in [4.78, 5) is 0. The number of para-hydroxylation sites is 3. The molecule has 240 valence electrons. The summed E-state index contributed by atoms with van der Waals surface area (Å²) in [7, 11) is -6.38. The lowest BCUT2D eigenvalue weighted by atomic mass is 9.80. The van der Waals surface area contributed by atoms with E-state index in [4.69, 9.17) is 27.6 Å². The molecule has 0 N–H and O–H groups in total. The van der Waals surface area contributed by atoms with Gasteiger partial charge >= 0.3 is 15.2 Å². The van der Waals surface area contributed by atoms with E-state index in [9.17, 15) is 9.13 Å². The van der Waals surface area contributed by atoms with Crippen molar-refractivity contribution >= 4 is 15.2 Å². The molecule has 0 amide bonds. The summed E-state index contributed by atoms with van der Waals surface area (Å²) in [6.45, 7) is 12.4. The maximum absolute atomic E-state index is 14.3. The second-order valence-electron chi connectivity index (χ2n) is 12.5. The molecule has 4 aromatic rings. The first-order valence-electron chi connectivity index (χ1n) is 14.6. The standard InChI is InChI=1S/C35H42O8P2/c1-34(2,3)27-23-31(35(4,5)6)33(32(24-27)39-25-44(36,38-7)41-28-17-11-8-12-18-28)40-26-45(37,42-29-19-13-9-14-20-29)43-30-21-15-10-16-22-30/h8-24H,25-26H2,1-7H3. The first-order valence-corrected chi connectivity index (χ1v) is 18.1. The van der Waals surface area contributed by atoms with Crippen molar-refractivity contribution in [2.75, 3.05) is 19.8 Å². The molecule has 0 heterocycles. The molecule has 0 spiro atoms. The van der Waals surface area contributed by atoms with Gasteiger partial charge in [-0.15, -0.1) is 0 Å². The number of benzene rings is 4. The van der Waals surface area contributed by atoms with Gasteiger partial charge in [0.15, 0.2) is 11.5 Å². The molecule has 1 unspecified atom stereocenters. The van der Waals surface area contributed by atoms with Gasteiger partial charge in [0.2, 0.25) is 12.7 Å². The molecule has 0 aliphatic heterocycles. The highest BCUT2D eigenvalue weighted by Gasteiger charge is 2.34. The van der Waals surface area contributed by atoms with Gasteiger partial charge < -0.3 is 27.6 Å². The summed E-state index contributed by atoms with van der Waals surface area (Å²) in [5, 5.41) is 0. The molecule has 8 nitrogen and oxygen atoms in total. The Bertz CT molecular complexity index is 1580. The van der Waals surface area contributed by atoms with E-state index in [2.05, 4.69) is 26.8 Å². The molecule has 45 heavy (non-hydrogen) atoms.